The maximum Gasteiger partial charge on any atom is 0.123 e. The average Bonchev–Trinajstić information content (AvgIpc) is 2.37. The Morgan fingerprint density at radius 1 is 1.11 bits per heavy atom. The smallest absolute Gasteiger partial charge is 0.123 e. The molecule has 0 spiro atoms. The standard InChI is InChI=1S/C15H22FN3/c1-18(2)15-11-7-17-8-12(15)10-19(9-11)14-5-3-13(16)4-6-14/h3-6,11-12,15,17H,7-10H2,1-2H3. The molecule has 2 bridgehead atoms. The topological polar surface area (TPSA) is 18.5 Å². The second kappa shape index (κ2) is 5.10. The maximum atomic E-state index is 13.0. The summed E-state index contributed by atoms with van der Waals surface area (Å²) in [4.78, 5) is 4.79. The second-order valence-electron chi connectivity index (χ2n) is 6.01. The third-order valence-corrected chi connectivity index (χ3v) is 4.48. The van der Waals surface area contributed by atoms with Gasteiger partial charge in [-0.05, 0) is 38.4 Å². The Hall–Kier alpha value is -1.13. The zero-order valence-electron chi connectivity index (χ0n) is 11.6. The Bertz CT molecular complexity index is 418. The minimum Gasteiger partial charge on any atom is -0.371 e. The van der Waals surface area contributed by atoms with Gasteiger partial charge in [0.15, 0.2) is 0 Å². The molecule has 2 aliphatic rings. The molecule has 0 aromatic heterocycles. The van der Waals surface area contributed by atoms with Crippen molar-refractivity contribution in [1.29, 1.82) is 0 Å². The van der Waals surface area contributed by atoms with E-state index in [1.807, 2.05) is 12.1 Å². The lowest BCUT2D eigenvalue weighted by atomic mass is 9.79. The highest BCUT2D eigenvalue weighted by Crippen LogP contribution is 2.31. The second-order valence-corrected chi connectivity index (χ2v) is 6.01. The van der Waals surface area contributed by atoms with Gasteiger partial charge in [0.2, 0.25) is 0 Å². The highest BCUT2D eigenvalue weighted by molar-refractivity contribution is 5.47. The first kappa shape index (κ1) is 12.9. The molecule has 0 aliphatic carbocycles. The van der Waals surface area contributed by atoms with Crippen LogP contribution >= 0.6 is 0 Å². The number of halogens is 1. The molecule has 1 N–H and O–H groups in total. The highest BCUT2D eigenvalue weighted by atomic mass is 19.1. The molecule has 2 unspecified atom stereocenters. The first-order valence-electron chi connectivity index (χ1n) is 7.03. The fraction of sp³-hybridized carbons (Fsp3) is 0.600. The maximum absolute atomic E-state index is 13.0. The van der Waals surface area contributed by atoms with Crippen molar-refractivity contribution in [2.45, 2.75) is 6.04 Å². The van der Waals surface area contributed by atoms with Crippen LogP contribution in [0.4, 0.5) is 10.1 Å². The van der Waals surface area contributed by atoms with E-state index >= 15 is 0 Å². The quantitative estimate of drug-likeness (QED) is 0.870. The van der Waals surface area contributed by atoms with E-state index in [0.29, 0.717) is 17.9 Å². The van der Waals surface area contributed by atoms with Gasteiger partial charge >= 0.3 is 0 Å². The van der Waals surface area contributed by atoms with Gasteiger partial charge in [0.1, 0.15) is 5.82 Å². The summed E-state index contributed by atoms with van der Waals surface area (Å²) in [6.07, 6.45) is 0. The van der Waals surface area contributed by atoms with Crippen molar-refractivity contribution in [2.24, 2.45) is 11.8 Å². The van der Waals surface area contributed by atoms with Crippen molar-refractivity contribution >= 4 is 5.69 Å². The van der Waals surface area contributed by atoms with Crippen molar-refractivity contribution in [3.63, 3.8) is 0 Å². The Morgan fingerprint density at radius 2 is 1.68 bits per heavy atom. The van der Waals surface area contributed by atoms with Gasteiger partial charge in [-0.2, -0.15) is 0 Å². The predicted octanol–water partition coefficient (Wildman–Crippen LogP) is 1.41. The largest absolute Gasteiger partial charge is 0.371 e. The zero-order chi connectivity index (χ0) is 13.4. The number of nitrogens with zero attached hydrogens (tertiary/aromatic N) is 2. The van der Waals surface area contributed by atoms with E-state index in [1.54, 1.807) is 12.1 Å². The van der Waals surface area contributed by atoms with E-state index < -0.39 is 0 Å². The Labute approximate surface area is 114 Å². The molecule has 2 saturated heterocycles. The molecule has 4 heteroatoms. The van der Waals surface area contributed by atoms with Crippen molar-refractivity contribution in [1.82, 2.24) is 10.2 Å². The van der Waals surface area contributed by atoms with Crippen LogP contribution in [-0.2, 0) is 0 Å². The first-order chi connectivity index (χ1) is 9.15. The minimum atomic E-state index is -0.159. The predicted molar refractivity (Wildman–Crippen MR) is 75.9 cm³/mol. The lowest BCUT2D eigenvalue weighted by molar-refractivity contribution is 0.0896. The van der Waals surface area contributed by atoms with Crippen molar-refractivity contribution < 1.29 is 4.39 Å². The molecule has 0 amide bonds. The average molecular weight is 263 g/mol. The van der Waals surface area contributed by atoms with Crippen LogP contribution in [-0.4, -0.2) is 51.2 Å². The molecule has 0 saturated carbocycles. The number of fused-ring (bicyclic) bond motifs is 2. The van der Waals surface area contributed by atoms with Crippen molar-refractivity contribution in [3.05, 3.63) is 30.1 Å². The number of benzene rings is 1. The van der Waals surface area contributed by atoms with Crippen LogP contribution in [0.3, 0.4) is 0 Å². The molecule has 3 nitrogen and oxygen atoms in total. The summed E-state index contributed by atoms with van der Waals surface area (Å²) in [6.45, 7) is 4.27. The fourth-order valence-electron chi connectivity index (χ4n) is 3.77. The van der Waals surface area contributed by atoms with Crippen LogP contribution in [0.5, 0.6) is 0 Å². The van der Waals surface area contributed by atoms with E-state index in [2.05, 4.69) is 29.2 Å². The fourth-order valence-corrected chi connectivity index (χ4v) is 3.77. The van der Waals surface area contributed by atoms with Crippen molar-refractivity contribution in [2.75, 3.05) is 45.2 Å². The summed E-state index contributed by atoms with van der Waals surface area (Å²) in [5.74, 6) is 1.13. The number of anilines is 1. The van der Waals surface area contributed by atoms with Crippen LogP contribution < -0.4 is 10.2 Å². The third kappa shape index (κ3) is 2.47. The summed E-state index contributed by atoms with van der Waals surface area (Å²) in [7, 11) is 4.37. The molecule has 2 fully saturated rings. The van der Waals surface area contributed by atoms with E-state index in [4.69, 9.17) is 0 Å². The lowest BCUT2D eigenvalue weighted by Crippen LogP contribution is -2.63. The van der Waals surface area contributed by atoms with Crippen LogP contribution in [0.2, 0.25) is 0 Å². The molecule has 0 radical (unpaired) electrons. The molecule has 19 heavy (non-hydrogen) atoms. The van der Waals surface area contributed by atoms with Crippen LogP contribution in [0.1, 0.15) is 0 Å². The van der Waals surface area contributed by atoms with Crippen molar-refractivity contribution in [3.8, 4) is 0 Å². The molecule has 2 atom stereocenters. The number of piperidine rings is 2. The minimum absolute atomic E-state index is 0.159. The van der Waals surface area contributed by atoms with Gasteiger partial charge in [0.25, 0.3) is 0 Å². The van der Waals surface area contributed by atoms with E-state index in [9.17, 15) is 4.39 Å². The summed E-state index contributed by atoms with van der Waals surface area (Å²) < 4.78 is 13.0. The molecule has 2 heterocycles. The normalized spacial score (nSPS) is 30.7. The van der Waals surface area contributed by atoms with Gasteiger partial charge in [-0.15, -0.1) is 0 Å². The van der Waals surface area contributed by atoms with Gasteiger partial charge in [0, 0.05) is 49.7 Å². The van der Waals surface area contributed by atoms with E-state index in [1.165, 1.54) is 0 Å². The first-order valence-corrected chi connectivity index (χ1v) is 7.03. The molecule has 2 aliphatic heterocycles. The SMILES string of the molecule is CN(C)C1C2CNCC1CN(c1ccc(F)cc1)C2. The number of hydrogen-bond acceptors (Lipinski definition) is 3. The number of hydrogen-bond donors (Lipinski definition) is 1. The summed E-state index contributed by atoms with van der Waals surface area (Å²) >= 11 is 0. The van der Waals surface area contributed by atoms with Gasteiger partial charge < -0.3 is 15.1 Å². The number of nitrogens with one attached hydrogen (secondary N) is 1. The Balaban J connectivity index is 1.79. The van der Waals surface area contributed by atoms with E-state index in [-0.39, 0.29) is 5.82 Å². The van der Waals surface area contributed by atoms with Crippen LogP contribution in [0.15, 0.2) is 24.3 Å². The van der Waals surface area contributed by atoms with Gasteiger partial charge in [-0.3, -0.25) is 0 Å². The van der Waals surface area contributed by atoms with Gasteiger partial charge in [-0.25, -0.2) is 4.39 Å². The van der Waals surface area contributed by atoms with Gasteiger partial charge in [-0.1, -0.05) is 0 Å². The molecule has 1 aromatic rings. The molecule has 3 rings (SSSR count). The lowest BCUT2D eigenvalue weighted by Gasteiger charge is -2.50. The van der Waals surface area contributed by atoms with E-state index in [0.717, 1.165) is 31.9 Å². The highest BCUT2D eigenvalue weighted by Gasteiger charge is 2.40. The Morgan fingerprint density at radius 3 is 2.21 bits per heavy atom. The molecule has 104 valence electrons. The summed E-state index contributed by atoms with van der Waals surface area (Å²) in [5.41, 5.74) is 1.15. The molecular formula is C15H22FN3. The van der Waals surface area contributed by atoms with Crippen LogP contribution in [0.25, 0.3) is 0 Å². The number of rotatable bonds is 2. The molecule has 1 aromatic carbocycles. The third-order valence-electron chi connectivity index (χ3n) is 4.48. The molecular weight excluding hydrogens is 241 g/mol. The summed E-state index contributed by atoms with van der Waals surface area (Å²) in [5, 5.41) is 3.54. The Kier molecular flexibility index (Phi) is 3.46. The zero-order valence-corrected chi connectivity index (χ0v) is 11.6. The van der Waals surface area contributed by atoms with Gasteiger partial charge in [0.05, 0.1) is 0 Å². The monoisotopic (exact) mass is 263 g/mol. The summed E-state index contributed by atoms with van der Waals surface area (Å²) in [6, 6.07) is 7.57. The van der Waals surface area contributed by atoms with Crippen LogP contribution in [0, 0.1) is 17.7 Å².